The van der Waals surface area contributed by atoms with E-state index >= 15 is 0 Å². The van der Waals surface area contributed by atoms with Gasteiger partial charge in [0.2, 0.25) is 0 Å². The van der Waals surface area contributed by atoms with E-state index in [-0.39, 0.29) is 117 Å². The van der Waals surface area contributed by atoms with Crippen LogP contribution in [0.25, 0.3) is 0 Å². The van der Waals surface area contributed by atoms with Gasteiger partial charge in [0.15, 0.2) is 0 Å². The Hall–Kier alpha value is 3.86. The van der Waals surface area contributed by atoms with Gasteiger partial charge in [0.05, 0.1) is 0 Å². The van der Waals surface area contributed by atoms with Crippen LogP contribution < -0.4 is 0 Å². The molecule has 4 heavy (non-hydrogen) atoms. The molecule has 0 aromatic rings. The zero-order chi connectivity index (χ0) is 0. The predicted octanol–water partition coefficient (Wildman–Crippen LogP) is -0.383. The second kappa shape index (κ2) is 15.8. The fraction of sp³-hybridized carbons (Fsp3) is 0. The van der Waals surface area contributed by atoms with Gasteiger partial charge >= 0.3 is 0 Å². The molecule has 0 bridgehead atoms. The summed E-state index contributed by atoms with van der Waals surface area (Å²) in [5.74, 6) is 0. The van der Waals surface area contributed by atoms with E-state index in [1.807, 2.05) is 0 Å². The Labute approximate surface area is 114 Å². The van der Waals surface area contributed by atoms with Gasteiger partial charge in [-0.25, -0.2) is 0 Å². The number of hydrogen-bond acceptors (Lipinski definition) is 0. The fourth-order valence-electron chi connectivity index (χ4n) is 0. The van der Waals surface area contributed by atoms with Crippen LogP contribution >= 0.6 is 0 Å². The standard InChI is InChI=1S/Ce.La.Mg.Mn. The van der Waals surface area contributed by atoms with Crippen LogP contribution in [-0.4, -0.2) is 23.1 Å². The molecule has 0 aliphatic rings. The van der Waals surface area contributed by atoms with E-state index in [9.17, 15) is 0 Å². The van der Waals surface area contributed by atoms with Gasteiger partial charge < -0.3 is 0 Å². The fourth-order valence-corrected chi connectivity index (χ4v) is 0. The van der Waals surface area contributed by atoms with Gasteiger partial charge in [-0.1, -0.05) is 0 Å². The van der Waals surface area contributed by atoms with Gasteiger partial charge in [-0.3, -0.25) is 0 Å². The molecule has 0 unspecified atom stereocenters. The topological polar surface area (TPSA) is 0 Å². The molecule has 0 saturated heterocycles. The first-order valence-electron chi connectivity index (χ1n) is 0. The van der Waals surface area contributed by atoms with Crippen molar-refractivity contribution in [2.24, 2.45) is 0 Å². The summed E-state index contributed by atoms with van der Waals surface area (Å²) in [4.78, 5) is 0. The number of hydrogen-bond donors (Lipinski definition) is 0. The SMILES string of the molecule is [Ce].[La].[Mg].[Mn]. The van der Waals surface area contributed by atoms with E-state index in [0.29, 0.717) is 0 Å². The molecular weight excluding hydrogens is 358 g/mol. The maximum Gasteiger partial charge on any atom is 0 e. The molecule has 4 radical (unpaired) electrons. The molecule has 0 N–H and O–H groups in total. The first kappa shape index (κ1) is 24.8. The summed E-state index contributed by atoms with van der Waals surface area (Å²) in [6.45, 7) is 0. The molecule has 0 spiro atoms. The van der Waals surface area contributed by atoms with E-state index in [1.54, 1.807) is 0 Å². The zero-order valence-corrected chi connectivity index (χ0v) is 11.5. The molecule has 4 heteroatoms. The average molecular weight is 358 g/mol. The predicted molar refractivity (Wildman–Crippen MR) is 5.75 cm³/mol. The Morgan fingerprint density at radius 1 is 1.00 bits per heavy atom. The minimum absolute atomic E-state index is 0. The second-order valence-electron chi connectivity index (χ2n) is 0. The van der Waals surface area contributed by atoms with Crippen LogP contribution in [0.4, 0.5) is 0 Å². The largest absolute Gasteiger partial charge is 0 e. The zero-order valence-electron chi connectivity index (χ0n) is 2.16. The van der Waals surface area contributed by atoms with Crippen molar-refractivity contribution in [1.29, 1.82) is 0 Å². The third kappa shape index (κ3) is 9.29. The third-order valence-electron chi connectivity index (χ3n) is 0. The molecule has 0 aromatic heterocycles. The molecule has 0 atom stereocenters. The summed E-state index contributed by atoms with van der Waals surface area (Å²) in [7, 11) is 0. The summed E-state index contributed by atoms with van der Waals surface area (Å²) in [5, 5.41) is 0. The number of rotatable bonds is 0. The molecular formula is CeLaMgMn. The Bertz CT molecular complexity index is 8.00. The van der Waals surface area contributed by atoms with Crippen LogP contribution in [0.15, 0.2) is 0 Å². The maximum absolute atomic E-state index is 0. The molecule has 0 rings (SSSR count). The Morgan fingerprint density at radius 3 is 1.00 bits per heavy atom. The molecule has 0 aromatic carbocycles. The molecule has 0 fully saturated rings. The second-order valence-corrected chi connectivity index (χ2v) is 0. The molecule has 0 nitrogen and oxygen atoms in total. The van der Waals surface area contributed by atoms with Crippen molar-refractivity contribution < 1.29 is 94.4 Å². The van der Waals surface area contributed by atoms with Gasteiger partial charge in [0, 0.05) is 117 Å². The Balaban J connectivity index is 0. The maximum atomic E-state index is 0. The van der Waals surface area contributed by atoms with E-state index in [0.717, 1.165) is 0 Å². The van der Waals surface area contributed by atoms with Gasteiger partial charge in [-0.05, 0) is 0 Å². The van der Waals surface area contributed by atoms with Crippen molar-refractivity contribution in [1.82, 2.24) is 0 Å². The molecule has 0 aliphatic carbocycles. The van der Waals surface area contributed by atoms with Crippen LogP contribution in [0, 0.1) is 77.3 Å². The summed E-state index contributed by atoms with van der Waals surface area (Å²) < 4.78 is 0. The normalized spacial score (nSPS) is 0. The van der Waals surface area contributed by atoms with Crippen molar-refractivity contribution in [3.05, 3.63) is 0 Å². The van der Waals surface area contributed by atoms with Crippen molar-refractivity contribution in [2.75, 3.05) is 0 Å². The monoisotopic (exact) mass is 358 g/mol. The molecule has 0 heterocycles. The van der Waals surface area contributed by atoms with Gasteiger partial charge in [0.1, 0.15) is 0 Å². The van der Waals surface area contributed by atoms with Crippen LogP contribution in [0.2, 0.25) is 0 Å². The Kier molecular flexibility index (Phi) is 98.2. The van der Waals surface area contributed by atoms with E-state index < -0.39 is 0 Å². The van der Waals surface area contributed by atoms with E-state index in [1.165, 1.54) is 0 Å². The molecule has 0 amide bonds. The van der Waals surface area contributed by atoms with Gasteiger partial charge in [-0.2, -0.15) is 0 Å². The summed E-state index contributed by atoms with van der Waals surface area (Å²) in [5.41, 5.74) is 0. The van der Waals surface area contributed by atoms with Crippen LogP contribution in [-0.2, 0) is 17.1 Å². The summed E-state index contributed by atoms with van der Waals surface area (Å²) >= 11 is 0. The van der Waals surface area contributed by atoms with Gasteiger partial charge in [0.25, 0.3) is 0 Å². The first-order chi connectivity index (χ1) is 0. The minimum Gasteiger partial charge on any atom is 0 e. The van der Waals surface area contributed by atoms with Crippen molar-refractivity contribution in [3.8, 4) is 0 Å². The minimum atomic E-state index is 0. The van der Waals surface area contributed by atoms with Crippen molar-refractivity contribution in [3.63, 3.8) is 0 Å². The van der Waals surface area contributed by atoms with Crippen molar-refractivity contribution >= 4 is 23.1 Å². The molecule has 16 valence electrons. The van der Waals surface area contributed by atoms with E-state index in [4.69, 9.17) is 0 Å². The van der Waals surface area contributed by atoms with Gasteiger partial charge in [-0.15, -0.1) is 0 Å². The Morgan fingerprint density at radius 2 is 1.00 bits per heavy atom. The van der Waals surface area contributed by atoms with E-state index in [2.05, 4.69) is 0 Å². The smallest absolute Gasteiger partial charge is 0 e. The summed E-state index contributed by atoms with van der Waals surface area (Å²) in [6.07, 6.45) is 0. The molecule has 0 aliphatic heterocycles. The quantitative estimate of drug-likeness (QED) is 0.518. The van der Waals surface area contributed by atoms with Crippen molar-refractivity contribution in [2.45, 2.75) is 0 Å². The first-order valence-corrected chi connectivity index (χ1v) is 0. The van der Waals surface area contributed by atoms with Crippen LogP contribution in [0.5, 0.6) is 0 Å². The van der Waals surface area contributed by atoms with Crippen LogP contribution in [0.1, 0.15) is 0 Å². The third-order valence-corrected chi connectivity index (χ3v) is 0. The van der Waals surface area contributed by atoms with Crippen LogP contribution in [0.3, 0.4) is 0 Å². The molecule has 0 saturated carbocycles. The average Bonchev–Trinajstić information content (AvgIpc) is 0. The summed E-state index contributed by atoms with van der Waals surface area (Å²) in [6, 6.07) is 0.